The van der Waals surface area contributed by atoms with E-state index in [-0.39, 0.29) is 6.10 Å². The van der Waals surface area contributed by atoms with Crippen LogP contribution in [0.15, 0.2) is 18.8 Å². The maximum atomic E-state index is 8.71. The van der Waals surface area contributed by atoms with Crippen molar-refractivity contribution in [2.45, 2.75) is 39.2 Å². The van der Waals surface area contributed by atoms with Crippen LogP contribution in [0.1, 0.15) is 38.9 Å². The van der Waals surface area contributed by atoms with Crippen molar-refractivity contribution in [1.29, 1.82) is 0 Å². The summed E-state index contributed by atoms with van der Waals surface area (Å²) in [5.74, 6) is 1.52. The van der Waals surface area contributed by atoms with Gasteiger partial charge in [0.25, 0.3) is 0 Å². The molecule has 1 aromatic heterocycles. The summed E-state index contributed by atoms with van der Waals surface area (Å²) >= 11 is 0. The first kappa shape index (κ1) is 17.0. The average molecular weight is 297 g/mol. The monoisotopic (exact) mass is 297 g/mol. The van der Waals surface area contributed by atoms with Gasteiger partial charge >= 0.3 is 0 Å². The SMILES string of the molecule is C=Cc1nccc(N2CCC(OPO)C2)n1.CCCC. The van der Waals surface area contributed by atoms with E-state index in [1.54, 1.807) is 12.3 Å². The van der Waals surface area contributed by atoms with Crippen molar-refractivity contribution in [3.63, 3.8) is 0 Å². The van der Waals surface area contributed by atoms with Gasteiger partial charge in [-0.1, -0.05) is 33.3 Å². The van der Waals surface area contributed by atoms with Crippen molar-refractivity contribution in [3.8, 4) is 0 Å². The number of aromatic nitrogens is 2. The Hall–Kier alpha value is -1.03. The number of nitrogens with zero attached hydrogens (tertiary/aromatic N) is 3. The van der Waals surface area contributed by atoms with Gasteiger partial charge in [-0.3, -0.25) is 0 Å². The van der Waals surface area contributed by atoms with E-state index in [9.17, 15) is 0 Å². The summed E-state index contributed by atoms with van der Waals surface area (Å²) in [5, 5.41) is 0. The number of hydrogen-bond acceptors (Lipinski definition) is 5. The van der Waals surface area contributed by atoms with Gasteiger partial charge in [-0.15, -0.1) is 0 Å². The van der Waals surface area contributed by atoms with Gasteiger partial charge in [0.05, 0.1) is 6.10 Å². The Balaban J connectivity index is 0.000000444. The lowest BCUT2D eigenvalue weighted by Crippen LogP contribution is -2.22. The molecular formula is C14H24N3O2P. The summed E-state index contributed by atoms with van der Waals surface area (Å²) in [6.07, 6.45) is 7.01. The molecule has 0 radical (unpaired) electrons. The lowest BCUT2D eigenvalue weighted by atomic mass is 10.3. The van der Waals surface area contributed by atoms with E-state index in [4.69, 9.17) is 9.42 Å². The predicted molar refractivity (Wildman–Crippen MR) is 84.9 cm³/mol. The third-order valence-electron chi connectivity index (χ3n) is 3.03. The van der Waals surface area contributed by atoms with Crippen molar-refractivity contribution in [2.24, 2.45) is 0 Å². The van der Waals surface area contributed by atoms with Crippen LogP contribution in [0.5, 0.6) is 0 Å². The molecule has 0 saturated carbocycles. The van der Waals surface area contributed by atoms with Gasteiger partial charge in [-0.2, -0.15) is 0 Å². The average Bonchev–Trinajstić information content (AvgIpc) is 2.97. The van der Waals surface area contributed by atoms with Crippen LogP contribution in [0.4, 0.5) is 5.82 Å². The summed E-state index contributed by atoms with van der Waals surface area (Å²) in [4.78, 5) is 19.2. The van der Waals surface area contributed by atoms with Crippen molar-refractivity contribution >= 4 is 20.9 Å². The van der Waals surface area contributed by atoms with Gasteiger partial charge in [0.2, 0.25) is 0 Å². The molecule has 1 N–H and O–H groups in total. The topological polar surface area (TPSA) is 58.5 Å². The van der Waals surface area contributed by atoms with Gasteiger partial charge in [0.1, 0.15) is 5.82 Å². The molecule has 2 rings (SSSR count). The van der Waals surface area contributed by atoms with E-state index in [1.807, 2.05) is 6.07 Å². The molecule has 0 spiro atoms. The molecular weight excluding hydrogens is 273 g/mol. The Kier molecular flexibility index (Phi) is 8.35. The third-order valence-corrected chi connectivity index (χ3v) is 3.47. The second-order valence-corrected chi connectivity index (χ2v) is 4.96. The highest BCUT2D eigenvalue weighted by Crippen LogP contribution is 2.23. The van der Waals surface area contributed by atoms with Crippen LogP contribution in [0.3, 0.4) is 0 Å². The summed E-state index contributed by atoms with van der Waals surface area (Å²) in [6, 6.07) is 1.87. The first-order valence-electron chi connectivity index (χ1n) is 7.00. The molecule has 0 aromatic carbocycles. The highest BCUT2D eigenvalue weighted by Gasteiger charge is 2.24. The molecule has 1 saturated heterocycles. The standard InChI is InChI=1S/C10H14N3O2P.C4H10/c1-2-9-11-5-3-10(12-9)13-6-4-8(7-13)15-16-14;1-3-4-2/h2-3,5,8,14,16H,1,4,6-7H2;3-4H2,1-2H3. The van der Waals surface area contributed by atoms with Crippen molar-refractivity contribution in [2.75, 3.05) is 18.0 Å². The molecule has 1 aromatic rings. The molecule has 2 atom stereocenters. The molecule has 1 aliphatic heterocycles. The van der Waals surface area contributed by atoms with Crippen LogP contribution in [0.25, 0.3) is 6.08 Å². The lowest BCUT2D eigenvalue weighted by molar-refractivity contribution is 0.236. The maximum absolute atomic E-state index is 8.71. The van der Waals surface area contributed by atoms with Crippen LogP contribution >= 0.6 is 9.03 Å². The van der Waals surface area contributed by atoms with E-state index >= 15 is 0 Å². The van der Waals surface area contributed by atoms with E-state index in [1.165, 1.54) is 12.8 Å². The molecule has 1 fully saturated rings. The van der Waals surface area contributed by atoms with Crippen molar-refractivity contribution in [1.82, 2.24) is 9.97 Å². The second kappa shape index (κ2) is 9.81. The molecule has 20 heavy (non-hydrogen) atoms. The van der Waals surface area contributed by atoms with Gasteiger partial charge in [0.15, 0.2) is 14.9 Å². The largest absolute Gasteiger partial charge is 0.354 e. The molecule has 6 heteroatoms. The summed E-state index contributed by atoms with van der Waals surface area (Å²) in [5.41, 5.74) is 0. The Bertz CT molecular complexity index is 402. The fourth-order valence-corrected chi connectivity index (χ4v) is 2.09. The van der Waals surface area contributed by atoms with Crippen LogP contribution < -0.4 is 4.90 Å². The number of unbranched alkanes of at least 4 members (excludes halogenated alkanes) is 1. The van der Waals surface area contributed by atoms with E-state index in [0.717, 1.165) is 25.3 Å². The molecule has 0 bridgehead atoms. The number of rotatable bonds is 5. The van der Waals surface area contributed by atoms with Gasteiger partial charge < -0.3 is 14.3 Å². The van der Waals surface area contributed by atoms with E-state index in [0.29, 0.717) is 5.82 Å². The Morgan fingerprint density at radius 2 is 2.30 bits per heavy atom. The highest BCUT2D eigenvalue weighted by atomic mass is 31.1. The number of anilines is 1. The molecule has 0 aliphatic carbocycles. The molecule has 2 unspecified atom stereocenters. The Labute approximate surface area is 123 Å². The first-order valence-corrected chi connectivity index (χ1v) is 7.85. The molecule has 112 valence electrons. The normalized spacial score (nSPS) is 18.1. The predicted octanol–water partition coefficient (Wildman–Crippen LogP) is 3.02. The fraction of sp³-hybridized carbons (Fsp3) is 0.571. The van der Waals surface area contributed by atoms with Gasteiger partial charge in [0, 0.05) is 19.3 Å². The number of hydrogen-bond donors (Lipinski definition) is 1. The summed E-state index contributed by atoms with van der Waals surface area (Å²) in [7, 11) is -0.439. The molecule has 0 amide bonds. The second-order valence-electron chi connectivity index (χ2n) is 4.54. The highest BCUT2D eigenvalue weighted by molar-refractivity contribution is 7.25. The zero-order chi connectivity index (χ0) is 14.8. The molecule has 1 aliphatic rings. The first-order chi connectivity index (χ1) is 9.74. The Morgan fingerprint density at radius 1 is 1.55 bits per heavy atom. The lowest BCUT2D eigenvalue weighted by Gasteiger charge is -2.17. The minimum absolute atomic E-state index is 0.102. The van der Waals surface area contributed by atoms with Gasteiger partial charge in [-0.25, -0.2) is 9.97 Å². The third kappa shape index (κ3) is 5.53. The Morgan fingerprint density at radius 3 is 2.90 bits per heavy atom. The van der Waals surface area contributed by atoms with E-state index in [2.05, 4.69) is 35.3 Å². The minimum atomic E-state index is -0.439. The van der Waals surface area contributed by atoms with Crippen LogP contribution in [0.2, 0.25) is 0 Å². The fourth-order valence-electron chi connectivity index (χ4n) is 1.75. The van der Waals surface area contributed by atoms with Gasteiger partial charge in [-0.05, 0) is 18.6 Å². The van der Waals surface area contributed by atoms with Crippen LogP contribution in [-0.4, -0.2) is 34.1 Å². The van der Waals surface area contributed by atoms with E-state index < -0.39 is 9.03 Å². The maximum Gasteiger partial charge on any atom is 0.153 e. The molecule has 2 heterocycles. The van der Waals surface area contributed by atoms with Crippen LogP contribution in [-0.2, 0) is 4.52 Å². The molecule has 5 nitrogen and oxygen atoms in total. The zero-order valence-corrected chi connectivity index (χ0v) is 13.2. The quantitative estimate of drug-likeness (QED) is 0.847. The van der Waals surface area contributed by atoms with Crippen LogP contribution in [0, 0.1) is 0 Å². The smallest absolute Gasteiger partial charge is 0.153 e. The van der Waals surface area contributed by atoms with Crippen molar-refractivity contribution in [3.05, 3.63) is 24.7 Å². The van der Waals surface area contributed by atoms with Crippen molar-refractivity contribution < 1.29 is 9.42 Å². The minimum Gasteiger partial charge on any atom is -0.354 e. The summed E-state index contributed by atoms with van der Waals surface area (Å²) in [6.45, 7) is 9.66. The summed E-state index contributed by atoms with van der Waals surface area (Å²) < 4.78 is 5.19. The zero-order valence-electron chi connectivity index (χ0n) is 12.2.